The van der Waals surface area contributed by atoms with Crippen LogP contribution in [0.2, 0.25) is 0 Å². The van der Waals surface area contributed by atoms with Crippen molar-refractivity contribution in [1.29, 1.82) is 0 Å². The Balaban J connectivity index is 1.86. The van der Waals surface area contributed by atoms with E-state index in [-0.39, 0.29) is 5.69 Å². The molecule has 2 heterocycles. The van der Waals surface area contributed by atoms with Gasteiger partial charge in [0, 0.05) is 17.7 Å². The Morgan fingerprint density at radius 3 is 2.77 bits per heavy atom. The van der Waals surface area contributed by atoms with E-state index < -0.39 is 5.97 Å². The molecule has 1 saturated heterocycles. The monoisotopic (exact) mass is 358 g/mol. The third-order valence-corrected chi connectivity index (χ3v) is 4.84. The van der Waals surface area contributed by atoms with Crippen molar-refractivity contribution in [3.63, 3.8) is 0 Å². The molecule has 1 aromatic heterocycles. The van der Waals surface area contributed by atoms with Crippen molar-refractivity contribution in [1.82, 2.24) is 20.3 Å². The molecule has 0 amide bonds. The van der Waals surface area contributed by atoms with Crippen molar-refractivity contribution in [3.05, 3.63) is 29.5 Å². The largest absolute Gasteiger partial charge is 0.496 e. The predicted molar refractivity (Wildman–Crippen MR) is 98.0 cm³/mol. The third kappa shape index (κ3) is 4.04. The molecule has 1 fully saturated rings. The summed E-state index contributed by atoms with van der Waals surface area (Å²) >= 11 is 0. The zero-order valence-corrected chi connectivity index (χ0v) is 15.6. The summed E-state index contributed by atoms with van der Waals surface area (Å²) in [5.74, 6) is 1.16. The number of carbonyl (C=O) groups excluding carboxylic acids is 1. The van der Waals surface area contributed by atoms with Gasteiger partial charge in [-0.2, -0.15) is 10.3 Å². The van der Waals surface area contributed by atoms with Crippen LogP contribution in [0.15, 0.2) is 18.2 Å². The summed E-state index contributed by atoms with van der Waals surface area (Å²) < 4.78 is 10.6. The van der Waals surface area contributed by atoms with Gasteiger partial charge in [0.1, 0.15) is 11.4 Å². The zero-order chi connectivity index (χ0) is 18.5. The molecule has 0 saturated carbocycles. The Bertz CT molecular complexity index is 751. The summed E-state index contributed by atoms with van der Waals surface area (Å²) in [6.07, 6.45) is 2.44. The van der Waals surface area contributed by atoms with Gasteiger partial charge in [-0.25, -0.2) is 4.79 Å². The number of benzene rings is 1. The number of aromatic nitrogens is 3. The molecule has 0 atom stereocenters. The molecule has 0 unspecified atom stereocenters. The van der Waals surface area contributed by atoms with Gasteiger partial charge >= 0.3 is 5.97 Å². The number of rotatable bonds is 6. The average molecular weight is 358 g/mol. The lowest BCUT2D eigenvalue weighted by molar-refractivity contribution is 0.0520. The second kappa shape index (κ2) is 8.31. The smallest absolute Gasteiger partial charge is 0.361 e. The fourth-order valence-electron chi connectivity index (χ4n) is 3.28. The van der Waals surface area contributed by atoms with E-state index in [0.29, 0.717) is 12.3 Å². The molecule has 1 aromatic carbocycles. The number of ether oxygens (including phenoxy) is 2. The van der Waals surface area contributed by atoms with Crippen LogP contribution in [-0.2, 0) is 11.3 Å². The Labute approximate surface area is 153 Å². The van der Waals surface area contributed by atoms with Gasteiger partial charge in [0.15, 0.2) is 5.69 Å². The van der Waals surface area contributed by atoms with Crippen LogP contribution in [0, 0.1) is 5.92 Å². The van der Waals surface area contributed by atoms with Gasteiger partial charge in [0.05, 0.1) is 13.7 Å². The van der Waals surface area contributed by atoms with Gasteiger partial charge < -0.3 is 9.47 Å². The Hall–Kier alpha value is -2.41. The molecule has 7 nitrogen and oxygen atoms in total. The van der Waals surface area contributed by atoms with Crippen molar-refractivity contribution in [2.45, 2.75) is 33.2 Å². The van der Waals surface area contributed by atoms with E-state index in [2.05, 4.69) is 27.2 Å². The summed E-state index contributed by atoms with van der Waals surface area (Å²) in [7, 11) is 1.68. The topological polar surface area (TPSA) is 80.3 Å². The van der Waals surface area contributed by atoms with Crippen LogP contribution in [0.3, 0.4) is 0 Å². The molecule has 1 aliphatic heterocycles. The number of hydrogen-bond donors (Lipinski definition) is 1. The number of likely N-dealkylation sites (tertiary alicyclic amines) is 1. The first kappa shape index (κ1) is 18.4. The highest BCUT2D eigenvalue weighted by Gasteiger charge is 2.21. The van der Waals surface area contributed by atoms with Crippen LogP contribution in [0.4, 0.5) is 0 Å². The van der Waals surface area contributed by atoms with Gasteiger partial charge in [-0.3, -0.25) is 4.90 Å². The molecule has 7 heteroatoms. The van der Waals surface area contributed by atoms with Gasteiger partial charge in [0.25, 0.3) is 0 Å². The second-order valence-corrected chi connectivity index (χ2v) is 6.73. The predicted octanol–water partition coefficient (Wildman–Crippen LogP) is 2.89. The van der Waals surface area contributed by atoms with E-state index in [1.54, 1.807) is 14.0 Å². The van der Waals surface area contributed by atoms with Crippen molar-refractivity contribution < 1.29 is 14.3 Å². The first-order chi connectivity index (χ1) is 12.6. The molecule has 2 aromatic rings. The number of hydrogen-bond acceptors (Lipinski definition) is 6. The fraction of sp³-hybridized carbons (Fsp3) is 0.526. The normalized spacial score (nSPS) is 15.8. The SMILES string of the molecule is CCOC(=O)c1n[nH]nc1-c1ccc(OC)c(CN2CCC(C)CC2)c1. The summed E-state index contributed by atoms with van der Waals surface area (Å²) in [6.45, 7) is 7.37. The lowest BCUT2D eigenvalue weighted by Gasteiger charge is -2.30. The highest BCUT2D eigenvalue weighted by molar-refractivity contribution is 5.94. The average Bonchev–Trinajstić information content (AvgIpc) is 3.14. The van der Waals surface area contributed by atoms with Crippen LogP contribution in [-0.4, -0.2) is 53.1 Å². The summed E-state index contributed by atoms with van der Waals surface area (Å²) in [5.41, 5.74) is 2.61. The van der Waals surface area contributed by atoms with Crippen molar-refractivity contribution >= 4 is 5.97 Å². The van der Waals surface area contributed by atoms with E-state index in [1.165, 1.54) is 12.8 Å². The number of nitrogens with one attached hydrogen (secondary N) is 1. The van der Waals surface area contributed by atoms with Crippen molar-refractivity contribution in [2.75, 3.05) is 26.8 Å². The zero-order valence-electron chi connectivity index (χ0n) is 15.6. The standard InChI is InChI=1S/C19H26N4O3/c1-4-26-19(24)18-17(20-22-21-18)14-5-6-16(25-3)15(11-14)12-23-9-7-13(2)8-10-23/h5-6,11,13H,4,7-10,12H2,1-3H3,(H,20,21,22). The number of piperidine rings is 1. The van der Waals surface area contributed by atoms with E-state index in [1.807, 2.05) is 18.2 Å². The molecular weight excluding hydrogens is 332 g/mol. The molecule has 0 aliphatic carbocycles. The Kier molecular flexibility index (Phi) is 5.88. The quantitative estimate of drug-likeness (QED) is 0.800. The Morgan fingerprint density at radius 2 is 2.08 bits per heavy atom. The minimum atomic E-state index is -0.473. The molecule has 1 N–H and O–H groups in total. The highest BCUT2D eigenvalue weighted by Crippen LogP contribution is 2.29. The van der Waals surface area contributed by atoms with E-state index in [0.717, 1.165) is 42.4 Å². The molecule has 3 rings (SSSR count). The third-order valence-electron chi connectivity index (χ3n) is 4.84. The van der Waals surface area contributed by atoms with E-state index in [9.17, 15) is 4.79 Å². The number of aromatic amines is 1. The molecule has 0 bridgehead atoms. The lowest BCUT2D eigenvalue weighted by atomic mass is 9.98. The van der Waals surface area contributed by atoms with Crippen molar-refractivity contribution in [3.8, 4) is 17.0 Å². The molecular formula is C19H26N4O3. The van der Waals surface area contributed by atoms with Gasteiger partial charge in [0.2, 0.25) is 0 Å². The maximum absolute atomic E-state index is 12.1. The van der Waals surface area contributed by atoms with Crippen molar-refractivity contribution in [2.24, 2.45) is 5.92 Å². The number of carbonyl (C=O) groups is 1. The first-order valence-corrected chi connectivity index (χ1v) is 9.09. The lowest BCUT2D eigenvalue weighted by Crippen LogP contribution is -2.32. The number of H-pyrrole nitrogens is 1. The maximum Gasteiger partial charge on any atom is 0.361 e. The summed E-state index contributed by atoms with van der Waals surface area (Å²) in [6, 6.07) is 5.83. The minimum absolute atomic E-state index is 0.203. The molecule has 1 aliphatic rings. The highest BCUT2D eigenvalue weighted by atomic mass is 16.5. The minimum Gasteiger partial charge on any atom is -0.496 e. The van der Waals surface area contributed by atoms with Crippen LogP contribution in [0.1, 0.15) is 42.7 Å². The second-order valence-electron chi connectivity index (χ2n) is 6.73. The number of methoxy groups -OCH3 is 1. The summed E-state index contributed by atoms with van der Waals surface area (Å²) in [4.78, 5) is 14.5. The maximum atomic E-state index is 12.1. The van der Waals surface area contributed by atoms with Gasteiger partial charge in [-0.05, 0) is 57.0 Å². The number of esters is 1. The molecule has 0 spiro atoms. The summed E-state index contributed by atoms with van der Waals surface area (Å²) in [5, 5.41) is 10.6. The molecule has 26 heavy (non-hydrogen) atoms. The first-order valence-electron chi connectivity index (χ1n) is 9.09. The Morgan fingerprint density at radius 1 is 1.31 bits per heavy atom. The van der Waals surface area contributed by atoms with Gasteiger partial charge in [-0.15, -0.1) is 5.10 Å². The van der Waals surface area contributed by atoms with Crippen LogP contribution < -0.4 is 4.74 Å². The van der Waals surface area contributed by atoms with Crippen LogP contribution in [0.5, 0.6) is 5.75 Å². The fourth-order valence-corrected chi connectivity index (χ4v) is 3.28. The van der Waals surface area contributed by atoms with Crippen LogP contribution >= 0.6 is 0 Å². The molecule has 0 radical (unpaired) electrons. The van der Waals surface area contributed by atoms with Crippen LogP contribution in [0.25, 0.3) is 11.3 Å². The molecule has 140 valence electrons. The number of nitrogens with zero attached hydrogens (tertiary/aromatic N) is 3. The van der Waals surface area contributed by atoms with E-state index in [4.69, 9.17) is 9.47 Å². The van der Waals surface area contributed by atoms with Gasteiger partial charge in [-0.1, -0.05) is 6.92 Å². The van der Waals surface area contributed by atoms with E-state index >= 15 is 0 Å².